The minimum Gasteiger partial charge on any atom is -0.495 e. The number of benzene rings is 1. The van der Waals surface area contributed by atoms with Gasteiger partial charge in [0, 0.05) is 19.3 Å². The second-order valence-corrected chi connectivity index (χ2v) is 7.62. The van der Waals surface area contributed by atoms with E-state index in [9.17, 15) is 4.79 Å². The maximum absolute atomic E-state index is 12.9. The number of carbonyl (C=O) groups is 1. The number of fused-ring (bicyclic) bond motifs is 1. The number of hydrogen-bond acceptors (Lipinski definition) is 6. The van der Waals surface area contributed by atoms with Crippen LogP contribution in [0.25, 0.3) is 0 Å². The minimum atomic E-state index is -0.0573. The van der Waals surface area contributed by atoms with Crippen molar-refractivity contribution < 1.29 is 9.53 Å². The summed E-state index contributed by atoms with van der Waals surface area (Å²) in [6, 6.07) is 5.63. The van der Waals surface area contributed by atoms with Crippen molar-refractivity contribution in [3.63, 3.8) is 0 Å². The van der Waals surface area contributed by atoms with E-state index in [0.29, 0.717) is 29.0 Å². The molecule has 9 heteroatoms. The quantitative estimate of drug-likeness (QED) is 0.776. The van der Waals surface area contributed by atoms with Gasteiger partial charge in [-0.05, 0) is 38.0 Å². The van der Waals surface area contributed by atoms with E-state index in [1.54, 1.807) is 42.4 Å². The first-order chi connectivity index (χ1) is 14.0. The number of hydrazine groups is 1. The second-order valence-electron chi connectivity index (χ2n) is 7.22. The van der Waals surface area contributed by atoms with Crippen molar-refractivity contribution >= 4 is 40.8 Å². The Morgan fingerprint density at radius 3 is 2.72 bits per heavy atom. The van der Waals surface area contributed by atoms with E-state index in [0.717, 1.165) is 24.3 Å². The molecule has 0 unspecified atom stereocenters. The molecule has 1 fully saturated rings. The van der Waals surface area contributed by atoms with Crippen LogP contribution in [0.5, 0.6) is 5.75 Å². The van der Waals surface area contributed by atoms with Crippen molar-refractivity contribution in [3.05, 3.63) is 29.4 Å². The highest BCUT2D eigenvalue weighted by Gasteiger charge is 2.39. The predicted molar refractivity (Wildman–Crippen MR) is 114 cm³/mol. The van der Waals surface area contributed by atoms with E-state index >= 15 is 0 Å². The summed E-state index contributed by atoms with van der Waals surface area (Å²) in [5.74, 6) is 1.81. The molecule has 0 atom stereocenters. The smallest absolute Gasteiger partial charge is 0.343 e. The fourth-order valence-electron chi connectivity index (χ4n) is 3.99. The van der Waals surface area contributed by atoms with Gasteiger partial charge in [-0.25, -0.2) is 14.8 Å². The molecule has 2 amide bonds. The fraction of sp³-hybridized carbons (Fsp3) is 0.450. The van der Waals surface area contributed by atoms with Crippen molar-refractivity contribution in [2.75, 3.05) is 35.9 Å². The summed E-state index contributed by atoms with van der Waals surface area (Å²) in [5.41, 5.74) is 1.47. The third kappa shape index (κ3) is 3.53. The average Bonchev–Trinajstić information content (AvgIpc) is 3.25. The molecule has 1 N–H and O–H groups in total. The lowest BCUT2D eigenvalue weighted by molar-refractivity contribution is 0.191. The molecule has 0 radical (unpaired) electrons. The van der Waals surface area contributed by atoms with Gasteiger partial charge in [0.25, 0.3) is 0 Å². The first kappa shape index (κ1) is 19.6. The standard InChI is InChI=1S/C20H25ClN6O2/c1-4-26-20(28)25(2)16-12-22-19(23-13-9-10-17(29-3)15(21)11-13)24-18(16)27(26)14-7-5-6-8-14/h9-12,14H,4-8H2,1-3H3,(H,22,23,24). The fourth-order valence-corrected chi connectivity index (χ4v) is 4.25. The molecular formula is C20H25ClN6O2. The largest absolute Gasteiger partial charge is 0.495 e. The number of ether oxygens (including phenoxy) is 1. The first-order valence-electron chi connectivity index (χ1n) is 9.85. The van der Waals surface area contributed by atoms with Crippen LogP contribution in [0.2, 0.25) is 5.02 Å². The lowest BCUT2D eigenvalue weighted by Gasteiger charge is -2.45. The van der Waals surface area contributed by atoms with Gasteiger partial charge in [0.15, 0.2) is 5.82 Å². The molecule has 1 aromatic carbocycles. The molecule has 4 rings (SSSR count). The van der Waals surface area contributed by atoms with Crippen molar-refractivity contribution in [2.45, 2.75) is 38.6 Å². The zero-order chi connectivity index (χ0) is 20.5. The van der Waals surface area contributed by atoms with Crippen LogP contribution in [0.4, 0.5) is 27.9 Å². The van der Waals surface area contributed by atoms with Gasteiger partial charge < -0.3 is 10.1 Å². The number of carbonyl (C=O) groups excluding carboxylic acids is 1. The Hall–Kier alpha value is -2.74. The van der Waals surface area contributed by atoms with Crippen molar-refractivity contribution in [3.8, 4) is 5.75 Å². The van der Waals surface area contributed by atoms with Crippen LogP contribution >= 0.6 is 11.6 Å². The zero-order valence-corrected chi connectivity index (χ0v) is 17.6. The SMILES string of the molecule is CCN1C(=O)N(C)c2cnc(Nc3ccc(OC)c(Cl)c3)nc2N1C1CCCC1. The molecule has 1 aliphatic carbocycles. The van der Waals surface area contributed by atoms with Crippen LogP contribution in [-0.4, -0.2) is 47.8 Å². The maximum atomic E-state index is 12.9. The number of methoxy groups -OCH3 is 1. The van der Waals surface area contributed by atoms with E-state index < -0.39 is 0 Å². The summed E-state index contributed by atoms with van der Waals surface area (Å²) in [4.78, 5) is 23.7. The molecule has 154 valence electrons. The topological polar surface area (TPSA) is 73.8 Å². The Bertz CT molecular complexity index is 918. The highest BCUT2D eigenvalue weighted by molar-refractivity contribution is 6.32. The Morgan fingerprint density at radius 1 is 1.31 bits per heavy atom. The van der Waals surface area contributed by atoms with E-state index in [1.165, 1.54) is 12.8 Å². The number of nitrogens with one attached hydrogen (secondary N) is 1. The summed E-state index contributed by atoms with van der Waals surface area (Å²) in [7, 11) is 3.34. The second kappa shape index (κ2) is 7.94. The number of anilines is 4. The number of aromatic nitrogens is 2. The van der Waals surface area contributed by atoms with Crippen LogP contribution in [0.1, 0.15) is 32.6 Å². The summed E-state index contributed by atoms with van der Waals surface area (Å²) >= 11 is 6.23. The molecule has 2 heterocycles. The van der Waals surface area contributed by atoms with Crippen LogP contribution in [0.3, 0.4) is 0 Å². The third-order valence-corrected chi connectivity index (χ3v) is 5.77. The number of rotatable bonds is 5. The summed E-state index contributed by atoms with van der Waals surface area (Å²) in [5, 5.41) is 7.56. The van der Waals surface area contributed by atoms with Crippen molar-refractivity contribution in [2.24, 2.45) is 0 Å². The molecule has 0 bridgehead atoms. The summed E-state index contributed by atoms with van der Waals surface area (Å²) in [6.45, 7) is 2.57. The molecule has 1 aliphatic heterocycles. The van der Waals surface area contributed by atoms with Crippen molar-refractivity contribution in [1.82, 2.24) is 15.0 Å². The normalized spacial score (nSPS) is 17.0. The lowest BCUT2D eigenvalue weighted by atomic mass is 10.2. The molecule has 1 aromatic heterocycles. The Balaban J connectivity index is 1.70. The van der Waals surface area contributed by atoms with Crippen LogP contribution in [0, 0.1) is 0 Å². The number of nitrogens with zero attached hydrogens (tertiary/aromatic N) is 5. The lowest BCUT2D eigenvalue weighted by Crippen LogP contribution is -2.59. The van der Waals surface area contributed by atoms with E-state index in [4.69, 9.17) is 21.3 Å². The Morgan fingerprint density at radius 2 is 2.07 bits per heavy atom. The van der Waals surface area contributed by atoms with Gasteiger partial charge in [0.2, 0.25) is 5.95 Å². The maximum Gasteiger partial charge on any atom is 0.343 e. The van der Waals surface area contributed by atoms with E-state index in [1.807, 2.05) is 13.0 Å². The van der Waals surface area contributed by atoms with Gasteiger partial charge in [0.1, 0.15) is 11.4 Å². The molecule has 29 heavy (non-hydrogen) atoms. The highest BCUT2D eigenvalue weighted by atomic mass is 35.5. The minimum absolute atomic E-state index is 0.0573. The van der Waals surface area contributed by atoms with Crippen LogP contribution in [-0.2, 0) is 0 Å². The summed E-state index contributed by atoms with van der Waals surface area (Å²) < 4.78 is 5.20. The third-order valence-electron chi connectivity index (χ3n) is 5.47. The van der Waals surface area contributed by atoms with Gasteiger partial charge in [-0.1, -0.05) is 24.4 Å². The highest BCUT2D eigenvalue weighted by Crippen LogP contribution is 2.39. The zero-order valence-electron chi connectivity index (χ0n) is 16.9. The average molecular weight is 417 g/mol. The van der Waals surface area contributed by atoms with Gasteiger partial charge in [-0.15, -0.1) is 0 Å². The predicted octanol–water partition coefficient (Wildman–Crippen LogP) is 4.44. The number of amides is 2. The summed E-state index contributed by atoms with van der Waals surface area (Å²) in [6.07, 6.45) is 6.13. The number of urea groups is 1. The number of halogens is 1. The molecule has 2 aromatic rings. The van der Waals surface area contributed by atoms with E-state index in [2.05, 4.69) is 15.3 Å². The van der Waals surface area contributed by atoms with Crippen LogP contribution < -0.4 is 20.0 Å². The molecule has 2 aliphatic rings. The van der Waals surface area contributed by atoms with Gasteiger partial charge in [-0.3, -0.25) is 9.91 Å². The van der Waals surface area contributed by atoms with Crippen molar-refractivity contribution in [1.29, 1.82) is 0 Å². The monoisotopic (exact) mass is 416 g/mol. The molecule has 0 saturated heterocycles. The van der Waals surface area contributed by atoms with Gasteiger partial charge >= 0.3 is 6.03 Å². The first-order valence-corrected chi connectivity index (χ1v) is 10.2. The van der Waals surface area contributed by atoms with E-state index in [-0.39, 0.29) is 12.1 Å². The molecular weight excluding hydrogens is 392 g/mol. The molecule has 8 nitrogen and oxygen atoms in total. The van der Waals surface area contributed by atoms with Gasteiger partial charge in [-0.2, -0.15) is 4.98 Å². The van der Waals surface area contributed by atoms with Crippen LogP contribution in [0.15, 0.2) is 24.4 Å². The molecule has 1 saturated carbocycles. The molecule has 0 spiro atoms. The Labute approximate surface area is 175 Å². The Kier molecular flexibility index (Phi) is 5.36. The van der Waals surface area contributed by atoms with Gasteiger partial charge in [0.05, 0.1) is 24.4 Å². The number of hydrogen-bond donors (Lipinski definition) is 1.